The van der Waals surface area contributed by atoms with Gasteiger partial charge in [0.1, 0.15) is 5.54 Å². The molecule has 2 rings (SSSR count). The standard InChI is InChI=1S/C17H25N3/c1-15-4-6-16(7-5-15)8-9-17(2,14-18)20-12-10-19(3)11-13-20/h4-7H,8-13H2,1-3H3. The number of nitriles is 1. The maximum absolute atomic E-state index is 9.62. The molecule has 1 fully saturated rings. The first kappa shape index (κ1) is 15.0. The molecule has 1 heterocycles. The van der Waals surface area contributed by atoms with Crippen molar-refractivity contribution in [2.75, 3.05) is 33.2 Å². The molecular weight excluding hydrogens is 246 g/mol. The number of hydrogen-bond donors (Lipinski definition) is 0. The number of hydrogen-bond acceptors (Lipinski definition) is 3. The molecule has 1 atom stereocenters. The van der Waals surface area contributed by atoms with Gasteiger partial charge in [-0.15, -0.1) is 0 Å². The molecule has 0 N–H and O–H groups in total. The van der Waals surface area contributed by atoms with Gasteiger partial charge in [-0.05, 0) is 39.3 Å². The van der Waals surface area contributed by atoms with Crippen molar-refractivity contribution < 1.29 is 0 Å². The van der Waals surface area contributed by atoms with E-state index in [0.717, 1.165) is 39.0 Å². The summed E-state index contributed by atoms with van der Waals surface area (Å²) < 4.78 is 0. The van der Waals surface area contributed by atoms with E-state index in [1.165, 1.54) is 11.1 Å². The fourth-order valence-electron chi connectivity index (χ4n) is 2.73. The van der Waals surface area contributed by atoms with Crippen molar-refractivity contribution >= 4 is 0 Å². The molecule has 1 aliphatic heterocycles. The SMILES string of the molecule is Cc1ccc(CCC(C)(C#N)N2CCN(C)CC2)cc1. The van der Waals surface area contributed by atoms with E-state index < -0.39 is 0 Å². The van der Waals surface area contributed by atoms with Crippen molar-refractivity contribution in [1.82, 2.24) is 9.80 Å². The van der Waals surface area contributed by atoms with Crippen molar-refractivity contribution in [3.8, 4) is 6.07 Å². The van der Waals surface area contributed by atoms with Gasteiger partial charge in [-0.3, -0.25) is 4.90 Å². The number of likely N-dealkylation sites (N-methyl/N-ethyl adjacent to an activating group) is 1. The van der Waals surface area contributed by atoms with Crippen LogP contribution in [0.15, 0.2) is 24.3 Å². The molecule has 0 amide bonds. The molecule has 3 heteroatoms. The van der Waals surface area contributed by atoms with Gasteiger partial charge in [-0.1, -0.05) is 29.8 Å². The molecule has 1 aromatic rings. The summed E-state index contributed by atoms with van der Waals surface area (Å²) in [5.74, 6) is 0. The molecule has 0 spiro atoms. The topological polar surface area (TPSA) is 30.3 Å². The highest BCUT2D eigenvalue weighted by molar-refractivity contribution is 5.22. The lowest BCUT2D eigenvalue weighted by Crippen LogP contribution is -2.54. The minimum absolute atomic E-state index is 0.341. The van der Waals surface area contributed by atoms with Crippen LogP contribution in [0.5, 0.6) is 0 Å². The molecule has 108 valence electrons. The minimum atomic E-state index is -0.341. The maximum Gasteiger partial charge on any atom is 0.106 e. The maximum atomic E-state index is 9.62. The van der Waals surface area contributed by atoms with Gasteiger partial charge in [0, 0.05) is 26.2 Å². The zero-order valence-corrected chi connectivity index (χ0v) is 12.9. The van der Waals surface area contributed by atoms with E-state index in [0.29, 0.717) is 0 Å². The Labute approximate surface area is 122 Å². The van der Waals surface area contributed by atoms with Gasteiger partial charge in [0.25, 0.3) is 0 Å². The summed E-state index contributed by atoms with van der Waals surface area (Å²) >= 11 is 0. The minimum Gasteiger partial charge on any atom is -0.304 e. The summed E-state index contributed by atoms with van der Waals surface area (Å²) in [4.78, 5) is 4.68. The number of rotatable bonds is 4. The number of nitrogens with zero attached hydrogens (tertiary/aromatic N) is 3. The van der Waals surface area contributed by atoms with E-state index in [1.807, 2.05) is 0 Å². The zero-order valence-electron chi connectivity index (χ0n) is 12.9. The summed E-state index contributed by atoms with van der Waals surface area (Å²) in [5, 5.41) is 9.62. The lowest BCUT2D eigenvalue weighted by molar-refractivity contribution is 0.0786. The van der Waals surface area contributed by atoms with E-state index in [-0.39, 0.29) is 5.54 Å². The van der Waals surface area contributed by atoms with Crippen LogP contribution in [0, 0.1) is 18.3 Å². The quantitative estimate of drug-likeness (QED) is 0.842. The van der Waals surface area contributed by atoms with E-state index in [9.17, 15) is 5.26 Å². The van der Waals surface area contributed by atoms with Gasteiger partial charge in [-0.2, -0.15) is 5.26 Å². The van der Waals surface area contributed by atoms with Crippen LogP contribution in [0.2, 0.25) is 0 Å². The fraction of sp³-hybridized carbons (Fsp3) is 0.588. The van der Waals surface area contributed by atoms with Crippen LogP contribution in [0.3, 0.4) is 0 Å². The normalized spacial score (nSPS) is 20.3. The molecule has 1 aromatic carbocycles. The van der Waals surface area contributed by atoms with Gasteiger partial charge in [0.15, 0.2) is 0 Å². The molecular formula is C17H25N3. The molecule has 0 saturated carbocycles. The number of benzene rings is 1. The highest BCUT2D eigenvalue weighted by Crippen LogP contribution is 2.23. The smallest absolute Gasteiger partial charge is 0.106 e. The van der Waals surface area contributed by atoms with Gasteiger partial charge in [0.05, 0.1) is 6.07 Å². The van der Waals surface area contributed by atoms with Gasteiger partial charge >= 0.3 is 0 Å². The Hall–Kier alpha value is -1.37. The first-order valence-corrected chi connectivity index (χ1v) is 7.44. The van der Waals surface area contributed by atoms with Crippen LogP contribution in [-0.4, -0.2) is 48.6 Å². The lowest BCUT2D eigenvalue weighted by Gasteiger charge is -2.41. The van der Waals surface area contributed by atoms with Crippen LogP contribution >= 0.6 is 0 Å². The molecule has 0 radical (unpaired) electrons. The fourth-order valence-corrected chi connectivity index (χ4v) is 2.73. The lowest BCUT2D eigenvalue weighted by atomic mass is 9.92. The summed E-state index contributed by atoms with van der Waals surface area (Å²) in [5.41, 5.74) is 2.27. The van der Waals surface area contributed by atoms with Gasteiger partial charge < -0.3 is 4.90 Å². The third-order valence-corrected chi connectivity index (χ3v) is 4.46. The Morgan fingerprint density at radius 1 is 1.15 bits per heavy atom. The molecule has 0 bridgehead atoms. The van der Waals surface area contributed by atoms with Gasteiger partial charge in [0.2, 0.25) is 0 Å². The van der Waals surface area contributed by atoms with E-state index in [1.54, 1.807) is 0 Å². The van der Waals surface area contributed by atoms with Gasteiger partial charge in [-0.25, -0.2) is 0 Å². The summed E-state index contributed by atoms with van der Waals surface area (Å²) in [6.07, 6.45) is 1.87. The molecule has 0 aliphatic carbocycles. The predicted molar refractivity (Wildman–Crippen MR) is 82.6 cm³/mol. The predicted octanol–water partition coefficient (Wildman–Crippen LogP) is 2.46. The van der Waals surface area contributed by atoms with Crippen LogP contribution in [0.4, 0.5) is 0 Å². The van der Waals surface area contributed by atoms with Crippen LogP contribution in [-0.2, 0) is 6.42 Å². The Balaban J connectivity index is 1.97. The third-order valence-electron chi connectivity index (χ3n) is 4.46. The molecule has 1 unspecified atom stereocenters. The van der Waals surface area contributed by atoms with Crippen LogP contribution in [0.25, 0.3) is 0 Å². The van der Waals surface area contributed by atoms with Crippen LogP contribution < -0.4 is 0 Å². The second-order valence-corrected chi connectivity index (χ2v) is 6.16. The summed E-state index contributed by atoms with van der Waals surface area (Å²) in [6, 6.07) is 11.2. The first-order valence-electron chi connectivity index (χ1n) is 7.44. The molecule has 20 heavy (non-hydrogen) atoms. The molecule has 0 aromatic heterocycles. The van der Waals surface area contributed by atoms with E-state index in [2.05, 4.69) is 61.0 Å². The monoisotopic (exact) mass is 271 g/mol. The van der Waals surface area contributed by atoms with Crippen molar-refractivity contribution in [2.24, 2.45) is 0 Å². The average Bonchev–Trinajstić information content (AvgIpc) is 2.47. The molecule has 1 saturated heterocycles. The highest BCUT2D eigenvalue weighted by atomic mass is 15.3. The van der Waals surface area contributed by atoms with Crippen molar-refractivity contribution in [3.63, 3.8) is 0 Å². The number of aryl methyl sites for hydroxylation is 2. The Morgan fingerprint density at radius 3 is 2.30 bits per heavy atom. The summed E-state index contributed by atoms with van der Waals surface area (Å²) in [7, 11) is 2.15. The van der Waals surface area contributed by atoms with E-state index >= 15 is 0 Å². The van der Waals surface area contributed by atoms with E-state index in [4.69, 9.17) is 0 Å². The third kappa shape index (κ3) is 3.59. The summed E-state index contributed by atoms with van der Waals surface area (Å²) in [6.45, 7) is 8.30. The Kier molecular flexibility index (Phi) is 4.80. The first-order chi connectivity index (χ1) is 9.53. The Morgan fingerprint density at radius 2 is 1.75 bits per heavy atom. The second-order valence-electron chi connectivity index (χ2n) is 6.16. The Bertz CT molecular complexity index is 466. The largest absolute Gasteiger partial charge is 0.304 e. The van der Waals surface area contributed by atoms with Crippen molar-refractivity contribution in [2.45, 2.75) is 32.2 Å². The zero-order chi connectivity index (χ0) is 14.6. The molecule has 3 nitrogen and oxygen atoms in total. The van der Waals surface area contributed by atoms with Crippen molar-refractivity contribution in [3.05, 3.63) is 35.4 Å². The second kappa shape index (κ2) is 6.39. The highest BCUT2D eigenvalue weighted by Gasteiger charge is 2.33. The van der Waals surface area contributed by atoms with Crippen LogP contribution in [0.1, 0.15) is 24.5 Å². The molecule has 1 aliphatic rings. The number of piperazine rings is 1. The average molecular weight is 271 g/mol. The van der Waals surface area contributed by atoms with Crippen molar-refractivity contribution in [1.29, 1.82) is 5.26 Å².